The SMILES string of the molecule is CCC(OCCC1CCNC1)C(=O)O. The van der Waals surface area contributed by atoms with Gasteiger partial charge in [-0.3, -0.25) is 0 Å². The van der Waals surface area contributed by atoms with Crippen LogP contribution in [0.2, 0.25) is 0 Å². The Kier molecular flexibility index (Phi) is 4.90. The average Bonchev–Trinajstić information content (AvgIpc) is 2.64. The molecule has 0 bridgehead atoms. The van der Waals surface area contributed by atoms with E-state index in [-0.39, 0.29) is 0 Å². The second-order valence-corrected chi connectivity index (χ2v) is 3.75. The maximum absolute atomic E-state index is 10.6. The summed E-state index contributed by atoms with van der Waals surface area (Å²) >= 11 is 0. The highest BCUT2D eigenvalue weighted by Crippen LogP contribution is 2.12. The van der Waals surface area contributed by atoms with Crippen LogP contribution in [-0.2, 0) is 9.53 Å². The molecule has 0 spiro atoms. The van der Waals surface area contributed by atoms with Crippen molar-refractivity contribution in [3.63, 3.8) is 0 Å². The summed E-state index contributed by atoms with van der Waals surface area (Å²) in [4.78, 5) is 10.6. The minimum absolute atomic E-state index is 0.540. The monoisotopic (exact) mass is 201 g/mol. The third-order valence-corrected chi connectivity index (χ3v) is 2.65. The van der Waals surface area contributed by atoms with Crippen molar-refractivity contribution in [2.45, 2.75) is 32.3 Å². The van der Waals surface area contributed by atoms with Crippen molar-refractivity contribution in [1.29, 1.82) is 0 Å². The van der Waals surface area contributed by atoms with Crippen molar-refractivity contribution in [2.75, 3.05) is 19.7 Å². The molecule has 1 saturated heterocycles. The minimum Gasteiger partial charge on any atom is -0.479 e. The van der Waals surface area contributed by atoms with E-state index >= 15 is 0 Å². The molecule has 1 aliphatic rings. The number of hydrogen-bond acceptors (Lipinski definition) is 3. The van der Waals surface area contributed by atoms with E-state index in [1.165, 1.54) is 6.42 Å². The predicted molar refractivity (Wildman–Crippen MR) is 53.3 cm³/mol. The maximum atomic E-state index is 10.6. The molecule has 14 heavy (non-hydrogen) atoms. The lowest BCUT2D eigenvalue weighted by molar-refractivity contribution is -0.150. The molecule has 0 amide bonds. The fraction of sp³-hybridized carbons (Fsp3) is 0.900. The smallest absolute Gasteiger partial charge is 0.332 e. The zero-order chi connectivity index (χ0) is 10.4. The van der Waals surface area contributed by atoms with Gasteiger partial charge in [0.2, 0.25) is 0 Å². The van der Waals surface area contributed by atoms with Gasteiger partial charge in [0.05, 0.1) is 0 Å². The van der Waals surface area contributed by atoms with Gasteiger partial charge in [-0.25, -0.2) is 4.79 Å². The van der Waals surface area contributed by atoms with E-state index in [1.54, 1.807) is 0 Å². The molecule has 0 aromatic heterocycles. The van der Waals surface area contributed by atoms with Crippen LogP contribution >= 0.6 is 0 Å². The largest absolute Gasteiger partial charge is 0.479 e. The van der Waals surface area contributed by atoms with Gasteiger partial charge in [0.15, 0.2) is 6.10 Å². The molecule has 2 N–H and O–H groups in total. The average molecular weight is 201 g/mol. The number of nitrogens with one attached hydrogen (secondary N) is 1. The molecular formula is C10H19NO3. The van der Waals surface area contributed by atoms with E-state index in [4.69, 9.17) is 9.84 Å². The van der Waals surface area contributed by atoms with Gasteiger partial charge in [0.1, 0.15) is 0 Å². The molecule has 0 aliphatic carbocycles. The van der Waals surface area contributed by atoms with Crippen LogP contribution in [0.1, 0.15) is 26.2 Å². The van der Waals surface area contributed by atoms with Gasteiger partial charge in [-0.1, -0.05) is 6.92 Å². The summed E-state index contributed by atoms with van der Waals surface area (Å²) in [5, 5.41) is 12.0. The lowest BCUT2D eigenvalue weighted by Crippen LogP contribution is -2.24. The molecule has 82 valence electrons. The zero-order valence-corrected chi connectivity index (χ0v) is 8.66. The molecule has 1 fully saturated rings. The van der Waals surface area contributed by atoms with Gasteiger partial charge in [-0.2, -0.15) is 0 Å². The van der Waals surface area contributed by atoms with Crippen molar-refractivity contribution in [3.05, 3.63) is 0 Å². The van der Waals surface area contributed by atoms with Crippen molar-refractivity contribution in [2.24, 2.45) is 5.92 Å². The van der Waals surface area contributed by atoms with Crippen LogP contribution in [0, 0.1) is 5.92 Å². The van der Waals surface area contributed by atoms with Crippen LogP contribution in [-0.4, -0.2) is 36.9 Å². The molecular weight excluding hydrogens is 182 g/mol. The summed E-state index contributed by atoms with van der Waals surface area (Å²) < 4.78 is 5.29. The molecule has 1 aliphatic heterocycles. The first kappa shape index (κ1) is 11.5. The van der Waals surface area contributed by atoms with E-state index in [0.29, 0.717) is 18.9 Å². The Hall–Kier alpha value is -0.610. The van der Waals surface area contributed by atoms with Crippen LogP contribution in [0.3, 0.4) is 0 Å². The molecule has 4 nitrogen and oxygen atoms in total. The van der Waals surface area contributed by atoms with Crippen LogP contribution in [0.25, 0.3) is 0 Å². The van der Waals surface area contributed by atoms with Gasteiger partial charge < -0.3 is 15.2 Å². The fourth-order valence-electron chi connectivity index (χ4n) is 1.70. The van der Waals surface area contributed by atoms with Crippen LogP contribution in [0.4, 0.5) is 0 Å². The highest BCUT2D eigenvalue weighted by molar-refractivity contribution is 5.72. The minimum atomic E-state index is -0.850. The number of ether oxygens (including phenoxy) is 1. The fourth-order valence-corrected chi connectivity index (χ4v) is 1.70. The summed E-state index contributed by atoms with van der Waals surface area (Å²) in [7, 11) is 0. The Morgan fingerprint density at radius 3 is 3.00 bits per heavy atom. The van der Waals surface area contributed by atoms with E-state index in [1.807, 2.05) is 6.92 Å². The van der Waals surface area contributed by atoms with Crippen LogP contribution in [0.15, 0.2) is 0 Å². The van der Waals surface area contributed by atoms with Gasteiger partial charge in [-0.15, -0.1) is 0 Å². The number of carbonyl (C=O) groups is 1. The Bertz CT molecular complexity index is 178. The summed E-state index contributed by atoms with van der Waals surface area (Å²) in [6, 6.07) is 0. The second kappa shape index (κ2) is 5.98. The van der Waals surface area contributed by atoms with Gasteiger partial charge in [0, 0.05) is 6.61 Å². The van der Waals surface area contributed by atoms with E-state index < -0.39 is 12.1 Å². The number of carboxylic acid groups (broad SMARTS) is 1. The first-order valence-corrected chi connectivity index (χ1v) is 5.29. The molecule has 2 atom stereocenters. The number of hydrogen-bond donors (Lipinski definition) is 2. The molecule has 4 heteroatoms. The van der Waals surface area contributed by atoms with Gasteiger partial charge in [0.25, 0.3) is 0 Å². The number of aliphatic carboxylic acids is 1. The first-order valence-electron chi connectivity index (χ1n) is 5.29. The molecule has 1 heterocycles. The highest BCUT2D eigenvalue weighted by atomic mass is 16.5. The summed E-state index contributed by atoms with van der Waals surface area (Å²) in [6.07, 6.45) is 2.08. The van der Waals surface area contributed by atoms with Crippen molar-refractivity contribution < 1.29 is 14.6 Å². The quantitative estimate of drug-likeness (QED) is 0.669. The summed E-state index contributed by atoms with van der Waals surface area (Å²) in [5.41, 5.74) is 0. The third kappa shape index (κ3) is 3.64. The first-order chi connectivity index (χ1) is 6.74. The molecule has 0 radical (unpaired) electrons. The standard InChI is InChI=1S/C10H19NO3/c1-2-9(10(12)13)14-6-4-8-3-5-11-7-8/h8-9,11H,2-7H2,1H3,(H,12,13). The van der Waals surface area contributed by atoms with E-state index in [9.17, 15) is 4.79 Å². The summed E-state index contributed by atoms with van der Waals surface area (Å²) in [5.74, 6) is -0.182. The molecule has 1 rings (SSSR count). The second-order valence-electron chi connectivity index (χ2n) is 3.75. The van der Waals surface area contributed by atoms with Crippen LogP contribution in [0.5, 0.6) is 0 Å². The highest BCUT2D eigenvalue weighted by Gasteiger charge is 2.18. The Morgan fingerprint density at radius 1 is 1.71 bits per heavy atom. The zero-order valence-electron chi connectivity index (χ0n) is 8.66. The number of carboxylic acids is 1. The van der Waals surface area contributed by atoms with Crippen LogP contribution < -0.4 is 5.32 Å². The molecule has 2 unspecified atom stereocenters. The maximum Gasteiger partial charge on any atom is 0.332 e. The van der Waals surface area contributed by atoms with E-state index in [0.717, 1.165) is 19.5 Å². The predicted octanol–water partition coefficient (Wildman–Crippen LogP) is 0.866. The van der Waals surface area contributed by atoms with Gasteiger partial charge >= 0.3 is 5.97 Å². The molecule has 0 saturated carbocycles. The van der Waals surface area contributed by atoms with E-state index in [2.05, 4.69) is 5.32 Å². The Morgan fingerprint density at radius 2 is 2.50 bits per heavy atom. The summed E-state index contributed by atoms with van der Waals surface area (Å²) in [6.45, 7) is 4.53. The lowest BCUT2D eigenvalue weighted by atomic mass is 10.1. The lowest BCUT2D eigenvalue weighted by Gasteiger charge is -2.13. The van der Waals surface area contributed by atoms with Crippen molar-refractivity contribution in [1.82, 2.24) is 5.32 Å². The van der Waals surface area contributed by atoms with Crippen molar-refractivity contribution >= 4 is 5.97 Å². The van der Waals surface area contributed by atoms with Gasteiger partial charge in [-0.05, 0) is 38.3 Å². The Balaban J connectivity index is 2.09. The third-order valence-electron chi connectivity index (χ3n) is 2.65. The topological polar surface area (TPSA) is 58.6 Å². The molecule has 0 aromatic rings. The van der Waals surface area contributed by atoms with Crippen molar-refractivity contribution in [3.8, 4) is 0 Å². The Labute approximate surface area is 84.6 Å². The number of rotatable bonds is 6. The normalized spacial score (nSPS) is 23.6. The molecule has 0 aromatic carbocycles.